The molecule has 0 spiro atoms. The van der Waals surface area contributed by atoms with Gasteiger partial charge in [0, 0.05) is 17.3 Å². The Morgan fingerprint density at radius 2 is 2.09 bits per heavy atom. The number of nitrogens with two attached hydrogens (primary N) is 1. The van der Waals surface area contributed by atoms with Crippen LogP contribution >= 0.6 is 11.3 Å². The van der Waals surface area contributed by atoms with Crippen molar-refractivity contribution in [1.29, 1.82) is 0 Å². The molecule has 3 atom stereocenters. The first-order valence-corrected chi connectivity index (χ1v) is 10.9. The number of alkyl halides is 1. The number of ether oxygens (including phenoxy) is 1. The Balaban J connectivity index is 1.49. The molecule has 1 saturated heterocycles. The van der Waals surface area contributed by atoms with Gasteiger partial charge in [-0.1, -0.05) is 6.07 Å². The Hall–Kier alpha value is -2.76. The molecular weight excluding hydrogens is 443 g/mol. The number of amides is 1. The zero-order valence-electron chi connectivity index (χ0n) is 17.2. The van der Waals surface area contributed by atoms with Crippen molar-refractivity contribution < 1.29 is 22.7 Å². The molecule has 0 radical (unpaired) electrons. The van der Waals surface area contributed by atoms with Gasteiger partial charge in [0.2, 0.25) is 0 Å². The van der Waals surface area contributed by atoms with E-state index >= 15 is 0 Å². The molecule has 1 aromatic carbocycles. The van der Waals surface area contributed by atoms with Crippen molar-refractivity contribution >= 4 is 22.9 Å². The lowest BCUT2D eigenvalue weighted by Crippen LogP contribution is -2.32. The van der Waals surface area contributed by atoms with Gasteiger partial charge in [0.15, 0.2) is 0 Å². The minimum absolute atomic E-state index is 0.0664. The molecule has 1 aliphatic heterocycles. The molecular formula is C21H22F3N5O2S. The van der Waals surface area contributed by atoms with Crippen LogP contribution in [0, 0.1) is 18.6 Å². The summed E-state index contributed by atoms with van der Waals surface area (Å²) in [6, 6.07) is 2.99. The lowest BCUT2D eigenvalue weighted by atomic mass is 10.0. The average Bonchev–Trinajstić information content (AvgIpc) is 3.31. The largest absolute Gasteiger partial charge is 0.375 e. The smallest absolute Gasteiger partial charge is 0.275 e. The fraction of sp³-hybridized carbons (Fsp3) is 0.381. The molecule has 11 heteroatoms. The lowest BCUT2D eigenvalue weighted by Gasteiger charge is -2.15. The van der Waals surface area contributed by atoms with Crippen molar-refractivity contribution in [2.45, 2.75) is 44.5 Å². The van der Waals surface area contributed by atoms with Crippen LogP contribution in [0.25, 0.3) is 10.6 Å². The first-order valence-electron chi connectivity index (χ1n) is 10.1. The van der Waals surface area contributed by atoms with Crippen LogP contribution in [0.5, 0.6) is 0 Å². The van der Waals surface area contributed by atoms with Gasteiger partial charge < -0.3 is 15.8 Å². The van der Waals surface area contributed by atoms with Gasteiger partial charge in [-0.2, -0.15) is 5.10 Å². The van der Waals surface area contributed by atoms with E-state index in [0.29, 0.717) is 35.5 Å². The van der Waals surface area contributed by atoms with E-state index in [0.717, 1.165) is 23.5 Å². The number of carbonyl (C=O) groups is 1. The molecule has 3 heterocycles. The molecule has 2 aromatic heterocycles. The summed E-state index contributed by atoms with van der Waals surface area (Å²) < 4.78 is 47.6. The Labute approximate surface area is 186 Å². The standard InChI is InChI=1S/C21H22F3N5O2S/c1-10-19(28-21(32-10)18-12(22)3-2-4-13(18)23)20(30)27-17-8-26-29-16(17)7-11-5-6-15(25)14(24)9-31-11/h2-4,8,11,14-15H,5-7,9,25H2,1H3,(H,26,29)(H,27,30)/t11-,14+,15+/m0/s1. The predicted octanol–water partition coefficient (Wildman–Crippen LogP) is 3.76. The summed E-state index contributed by atoms with van der Waals surface area (Å²) >= 11 is 1.03. The zero-order valence-corrected chi connectivity index (χ0v) is 18.0. The van der Waals surface area contributed by atoms with E-state index in [-0.39, 0.29) is 29.0 Å². The van der Waals surface area contributed by atoms with Crippen molar-refractivity contribution in [2.24, 2.45) is 5.73 Å². The van der Waals surface area contributed by atoms with Gasteiger partial charge in [-0.15, -0.1) is 11.3 Å². The lowest BCUT2D eigenvalue weighted by molar-refractivity contribution is 0.0295. The Morgan fingerprint density at radius 3 is 2.84 bits per heavy atom. The maximum atomic E-state index is 14.1. The van der Waals surface area contributed by atoms with Crippen LogP contribution in [-0.4, -0.2) is 46.0 Å². The number of nitrogens with zero attached hydrogens (tertiary/aromatic N) is 2. The van der Waals surface area contributed by atoms with Gasteiger partial charge in [0.05, 0.1) is 35.9 Å². The third-order valence-corrected chi connectivity index (χ3v) is 6.35. The second kappa shape index (κ2) is 9.39. The number of H-pyrrole nitrogens is 1. The van der Waals surface area contributed by atoms with E-state index in [1.54, 1.807) is 6.92 Å². The van der Waals surface area contributed by atoms with Crippen molar-refractivity contribution in [1.82, 2.24) is 15.2 Å². The summed E-state index contributed by atoms with van der Waals surface area (Å²) in [5.74, 6) is -2.03. The highest BCUT2D eigenvalue weighted by atomic mass is 32.1. The summed E-state index contributed by atoms with van der Waals surface area (Å²) in [5.41, 5.74) is 6.61. The van der Waals surface area contributed by atoms with E-state index in [1.807, 2.05) is 0 Å². The van der Waals surface area contributed by atoms with Crippen LogP contribution in [0.3, 0.4) is 0 Å². The highest BCUT2D eigenvalue weighted by Gasteiger charge is 2.27. The number of aromatic amines is 1. The number of thiazole rings is 1. The Bertz CT molecular complexity index is 1090. The molecule has 1 fully saturated rings. The highest BCUT2D eigenvalue weighted by molar-refractivity contribution is 7.15. The maximum Gasteiger partial charge on any atom is 0.275 e. The van der Waals surface area contributed by atoms with Crippen LogP contribution in [-0.2, 0) is 11.2 Å². The molecule has 4 N–H and O–H groups in total. The summed E-state index contributed by atoms with van der Waals surface area (Å²) in [6.45, 7) is 1.58. The van der Waals surface area contributed by atoms with Gasteiger partial charge in [-0.25, -0.2) is 18.2 Å². The third kappa shape index (κ3) is 4.69. The minimum Gasteiger partial charge on any atom is -0.375 e. The number of aryl methyl sites for hydroxylation is 1. The number of nitrogens with one attached hydrogen (secondary N) is 2. The normalized spacial score (nSPS) is 21.3. The third-order valence-electron chi connectivity index (χ3n) is 5.36. The molecule has 1 aliphatic rings. The van der Waals surface area contributed by atoms with Gasteiger partial charge in [-0.05, 0) is 31.9 Å². The molecule has 32 heavy (non-hydrogen) atoms. The molecule has 7 nitrogen and oxygen atoms in total. The highest BCUT2D eigenvalue weighted by Crippen LogP contribution is 2.32. The predicted molar refractivity (Wildman–Crippen MR) is 114 cm³/mol. The van der Waals surface area contributed by atoms with Crippen LogP contribution in [0.2, 0.25) is 0 Å². The number of hydrogen-bond donors (Lipinski definition) is 3. The van der Waals surface area contributed by atoms with Crippen LogP contribution in [0.4, 0.5) is 18.9 Å². The maximum absolute atomic E-state index is 14.1. The van der Waals surface area contributed by atoms with E-state index in [4.69, 9.17) is 10.5 Å². The molecule has 1 amide bonds. The first-order chi connectivity index (χ1) is 15.3. The molecule has 0 saturated carbocycles. The summed E-state index contributed by atoms with van der Waals surface area (Å²) in [4.78, 5) is 17.5. The van der Waals surface area contributed by atoms with Crippen molar-refractivity contribution in [3.63, 3.8) is 0 Å². The van der Waals surface area contributed by atoms with Crippen molar-refractivity contribution in [3.05, 3.63) is 52.3 Å². The summed E-state index contributed by atoms with van der Waals surface area (Å²) in [6.07, 6.45) is 1.44. The number of carbonyl (C=O) groups excluding carboxylic acids is 1. The van der Waals surface area contributed by atoms with Gasteiger partial charge >= 0.3 is 0 Å². The summed E-state index contributed by atoms with van der Waals surface area (Å²) in [7, 11) is 0. The molecule has 4 rings (SSSR count). The second-order valence-electron chi connectivity index (χ2n) is 7.65. The van der Waals surface area contributed by atoms with Crippen LogP contribution < -0.4 is 11.1 Å². The molecule has 0 bridgehead atoms. The monoisotopic (exact) mass is 465 g/mol. The average molecular weight is 466 g/mol. The number of rotatable bonds is 5. The first kappa shape index (κ1) is 22.4. The fourth-order valence-corrected chi connectivity index (χ4v) is 4.52. The van der Waals surface area contributed by atoms with Crippen molar-refractivity contribution in [3.8, 4) is 10.6 Å². The molecule has 3 aromatic rings. The molecule has 0 unspecified atom stereocenters. The topological polar surface area (TPSA) is 106 Å². The Kier molecular flexibility index (Phi) is 6.58. The van der Waals surface area contributed by atoms with E-state index in [1.165, 1.54) is 12.3 Å². The number of anilines is 1. The zero-order chi connectivity index (χ0) is 22.8. The van der Waals surface area contributed by atoms with Gasteiger partial charge in [-0.3, -0.25) is 9.89 Å². The van der Waals surface area contributed by atoms with Crippen LogP contribution in [0.15, 0.2) is 24.4 Å². The minimum atomic E-state index is -1.21. The number of hydrogen-bond acceptors (Lipinski definition) is 6. The molecule has 170 valence electrons. The van der Waals surface area contributed by atoms with E-state index < -0.39 is 29.8 Å². The SMILES string of the molecule is Cc1sc(-c2c(F)cccc2F)nc1C(=O)Nc1cn[nH]c1C[C@@H]1CC[C@@H](N)[C@H](F)CO1. The van der Waals surface area contributed by atoms with Crippen LogP contribution in [0.1, 0.15) is 33.9 Å². The van der Waals surface area contributed by atoms with Gasteiger partial charge in [0.25, 0.3) is 5.91 Å². The van der Waals surface area contributed by atoms with E-state index in [9.17, 15) is 18.0 Å². The van der Waals surface area contributed by atoms with Crippen molar-refractivity contribution in [2.75, 3.05) is 11.9 Å². The molecule has 0 aliphatic carbocycles. The summed E-state index contributed by atoms with van der Waals surface area (Å²) in [5, 5.41) is 9.62. The number of benzene rings is 1. The van der Waals surface area contributed by atoms with E-state index in [2.05, 4.69) is 20.5 Å². The number of halogens is 3. The Morgan fingerprint density at radius 1 is 1.34 bits per heavy atom. The quantitative estimate of drug-likeness (QED) is 0.532. The second-order valence-corrected chi connectivity index (χ2v) is 8.86. The van der Waals surface area contributed by atoms with Gasteiger partial charge in [0.1, 0.15) is 28.5 Å². The number of aromatic nitrogens is 3. The fourth-order valence-electron chi connectivity index (χ4n) is 3.56.